The van der Waals surface area contributed by atoms with Gasteiger partial charge in [-0.2, -0.15) is 0 Å². The first kappa shape index (κ1) is 19.5. The van der Waals surface area contributed by atoms with Crippen molar-refractivity contribution in [3.63, 3.8) is 0 Å². The lowest BCUT2D eigenvalue weighted by atomic mass is 10.1. The van der Waals surface area contributed by atoms with Gasteiger partial charge < -0.3 is 20.6 Å². The van der Waals surface area contributed by atoms with Gasteiger partial charge in [-0.15, -0.1) is 0 Å². The highest BCUT2D eigenvalue weighted by molar-refractivity contribution is 6.35. The molecule has 0 atom stereocenters. The number of anilines is 1. The Hall–Kier alpha value is -3.22. The van der Waals surface area contributed by atoms with Crippen LogP contribution >= 0.6 is 23.2 Å². The number of hydrogen-bond donors (Lipinski definition) is 3. The van der Waals surface area contributed by atoms with E-state index in [1.54, 1.807) is 42.5 Å². The van der Waals surface area contributed by atoms with E-state index in [0.717, 1.165) is 0 Å². The van der Waals surface area contributed by atoms with Crippen molar-refractivity contribution in [1.82, 2.24) is 0 Å². The highest BCUT2D eigenvalue weighted by Gasteiger charge is 2.14. The highest BCUT2D eigenvalue weighted by Crippen LogP contribution is 2.32. The summed E-state index contributed by atoms with van der Waals surface area (Å²) >= 11 is 12.1. The van der Waals surface area contributed by atoms with Crippen molar-refractivity contribution in [1.29, 1.82) is 0 Å². The summed E-state index contributed by atoms with van der Waals surface area (Å²) < 4.78 is 5.66. The van der Waals surface area contributed by atoms with E-state index in [2.05, 4.69) is 5.32 Å². The number of carboxylic acids is 1. The Balaban J connectivity index is 1.81. The van der Waals surface area contributed by atoms with Crippen molar-refractivity contribution in [3.05, 3.63) is 81.7 Å². The maximum atomic E-state index is 12.3. The van der Waals surface area contributed by atoms with Crippen LogP contribution in [0.2, 0.25) is 10.0 Å². The second-order valence-corrected chi connectivity index (χ2v) is 6.57. The fourth-order valence-electron chi connectivity index (χ4n) is 2.45. The van der Waals surface area contributed by atoms with E-state index in [-0.39, 0.29) is 16.9 Å². The minimum atomic E-state index is -1.16. The van der Waals surface area contributed by atoms with Crippen molar-refractivity contribution in [3.8, 4) is 11.3 Å². The zero-order chi connectivity index (χ0) is 20.3. The van der Waals surface area contributed by atoms with Crippen LogP contribution in [0.5, 0.6) is 0 Å². The lowest BCUT2D eigenvalue weighted by Gasteiger charge is -2.08. The number of carboxylic acid groups (broad SMARTS) is 1. The van der Waals surface area contributed by atoms with Crippen LogP contribution in [0.3, 0.4) is 0 Å². The van der Waals surface area contributed by atoms with Crippen LogP contribution < -0.4 is 11.1 Å². The molecule has 2 aromatic carbocycles. The van der Waals surface area contributed by atoms with Gasteiger partial charge in [-0.3, -0.25) is 4.79 Å². The van der Waals surface area contributed by atoms with Gasteiger partial charge in [0.1, 0.15) is 17.2 Å². The van der Waals surface area contributed by atoms with Crippen molar-refractivity contribution < 1.29 is 19.1 Å². The van der Waals surface area contributed by atoms with Gasteiger partial charge in [-0.1, -0.05) is 35.3 Å². The van der Waals surface area contributed by atoms with Crippen LogP contribution in [0.1, 0.15) is 16.1 Å². The molecule has 6 nitrogen and oxygen atoms in total. The monoisotopic (exact) mass is 416 g/mol. The molecule has 0 unspecified atom stereocenters. The fourth-order valence-corrected chi connectivity index (χ4v) is 2.84. The molecule has 1 heterocycles. The molecule has 142 valence electrons. The first-order valence-corrected chi connectivity index (χ1v) is 8.77. The summed E-state index contributed by atoms with van der Waals surface area (Å²) in [4.78, 5) is 23.5. The highest BCUT2D eigenvalue weighted by atomic mass is 35.5. The van der Waals surface area contributed by atoms with Gasteiger partial charge in [-0.05, 0) is 42.5 Å². The fraction of sp³-hybridized carbons (Fsp3) is 0. The summed E-state index contributed by atoms with van der Waals surface area (Å²) in [6.07, 6.45) is 1.33. The van der Waals surface area contributed by atoms with Gasteiger partial charge in [0.05, 0.1) is 16.3 Å². The smallest absolute Gasteiger partial charge is 0.337 e. The largest absolute Gasteiger partial charge is 0.478 e. The third-order valence-electron chi connectivity index (χ3n) is 3.79. The molecule has 8 heteroatoms. The molecule has 0 aliphatic rings. The number of aromatic carboxylic acids is 1. The number of hydrogen-bond acceptors (Lipinski definition) is 4. The first-order valence-electron chi connectivity index (χ1n) is 8.01. The summed E-state index contributed by atoms with van der Waals surface area (Å²) in [5.41, 5.74) is 6.37. The van der Waals surface area contributed by atoms with Gasteiger partial charge in [0.2, 0.25) is 0 Å². The molecule has 3 rings (SSSR count). The predicted molar refractivity (Wildman–Crippen MR) is 108 cm³/mol. The zero-order valence-corrected chi connectivity index (χ0v) is 15.8. The Bertz CT molecular complexity index is 1090. The molecular weight excluding hydrogens is 403 g/mol. The Morgan fingerprint density at radius 2 is 1.82 bits per heavy atom. The number of halogens is 2. The molecule has 28 heavy (non-hydrogen) atoms. The SMILES string of the molecule is N/C(=C\c1ccc(-c2cc(Cl)ccc2Cl)o1)C(=O)Nc1ccccc1C(=O)O. The van der Waals surface area contributed by atoms with Gasteiger partial charge in [0, 0.05) is 16.7 Å². The summed E-state index contributed by atoms with van der Waals surface area (Å²) in [6, 6.07) is 14.3. The van der Waals surface area contributed by atoms with Gasteiger partial charge >= 0.3 is 5.97 Å². The van der Waals surface area contributed by atoms with Crippen molar-refractivity contribution in [2.24, 2.45) is 5.73 Å². The topological polar surface area (TPSA) is 106 Å². The quantitative estimate of drug-likeness (QED) is 0.513. The molecule has 0 bridgehead atoms. The van der Waals surface area contributed by atoms with Gasteiger partial charge in [-0.25, -0.2) is 4.79 Å². The summed E-state index contributed by atoms with van der Waals surface area (Å²) in [5, 5.41) is 12.6. The van der Waals surface area contributed by atoms with E-state index in [1.807, 2.05) is 0 Å². The van der Waals surface area contributed by atoms with Crippen LogP contribution in [0, 0.1) is 0 Å². The second-order valence-electron chi connectivity index (χ2n) is 5.73. The summed E-state index contributed by atoms with van der Waals surface area (Å²) in [5.74, 6) is -1.03. The van der Waals surface area contributed by atoms with E-state index in [0.29, 0.717) is 27.1 Å². The molecule has 3 aromatic rings. The Morgan fingerprint density at radius 1 is 1.07 bits per heavy atom. The number of amides is 1. The first-order chi connectivity index (χ1) is 13.3. The van der Waals surface area contributed by atoms with E-state index in [1.165, 1.54) is 18.2 Å². The molecule has 4 N–H and O–H groups in total. The van der Waals surface area contributed by atoms with Crippen LogP contribution in [-0.4, -0.2) is 17.0 Å². The number of nitrogens with two attached hydrogens (primary N) is 1. The van der Waals surface area contributed by atoms with Crippen LogP contribution in [0.25, 0.3) is 17.4 Å². The van der Waals surface area contributed by atoms with E-state index in [4.69, 9.17) is 33.4 Å². The number of rotatable bonds is 5. The van der Waals surface area contributed by atoms with Gasteiger partial charge in [0.15, 0.2) is 0 Å². The molecule has 0 aliphatic carbocycles. The summed E-state index contributed by atoms with van der Waals surface area (Å²) in [6.45, 7) is 0. The predicted octanol–water partition coefficient (Wildman–Crippen LogP) is 4.89. The molecule has 0 fully saturated rings. The molecule has 0 aliphatic heterocycles. The minimum Gasteiger partial charge on any atom is -0.478 e. The van der Waals surface area contributed by atoms with Crippen molar-refractivity contribution >= 4 is 46.8 Å². The standard InChI is InChI=1S/C20H14Cl2N2O4/c21-11-5-7-15(22)14(9-11)18-8-6-12(28-18)10-16(23)19(25)24-17-4-2-1-3-13(17)20(26)27/h1-10H,23H2,(H,24,25)(H,26,27)/b16-10-. The molecular formula is C20H14Cl2N2O4. The average Bonchev–Trinajstić information content (AvgIpc) is 3.12. The Labute approximate surface area is 170 Å². The number of nitrogens with one attached hydrogen (secondary N) is 1. The molecule has 1 amide bonds. The maximum Gasteiger partial charge on any atom is 0.337 e. The van der Waals surface area contributed by atoms with E-state index >= 15 is 0 Å². The van der Waals surface area contributed by atoms with Crippen LogP contribution in [0.15, 0.2) is 64.7 Å². The average molecular weight is 417 g/mol. The Kier molecular flexibility index (Phi) is 5.73. The molecule has 1 aromatic heterocycles. The number of para-hydroxylation sites is 1. The van der Waals surface area contributed by atoms with Crippen LogP contribution in [0.4, 0.5) is 5.69 Å². The van der Waals surface area contributed by atoms with E-state index in [9.17, 15) is 14.7 Å². The maximum absolute atomic E-state index is 12.3. The number of furan rings is 1. The third kappa shape index (κ3) is 4.36. The lowest BCUT2D eigenvalue weighted by Crippen LogP contribution is -2.21. The molecule has 0 saturated carbocycles. The summed E-state index contributed by atoms with van der Waals surface area (Å²) in [7, 11) is 0. The number of benzene rings is 2. The third-order valence-corrected chi connectivity index (χ3v) is 4.35. The van der Waals surface area contributed by atoms with E-state index < -0.39 is 11.9 Å². The zero-order valence-electron chi connectivity index (χ0n) is 14.3. The second kappa shape index (κ2) is 8.21. The number of carbonyl (C=O) groups is 2. The van der Waals surface area contributed by atoms with Crippen molar-refractivity contribution in [2.75, 3.05) is 5.32 Å². The molecule has 0 saturated heterocycles. The number of carbonyl (C=O) groups excluding carboxylic acids is 1. The molecule has 0 radical (unpaired) electrons. The minimum absolute atomic E-state index is 0.0421. The molecule has 0 spiro atoms. The normalized spacial score (nSPS) is 11.3. The van der Waals surface area contributed by atoms with Crippen LogP contribution in [-0.2, 0) is 4.79 Å². The van der Waals surface area contributed by atoms with Gasteiger partial charge in [0.25, 0.3) is 5.91 Å². The lowest BCUT2D eigenvalue weighted by molar-refractivity contribution is -0.112. The Morgan fingerprint density at radius 3 is 2.57 bits per heavy atom. The van der Waals surface area contributed by atoms with Crippen molar-refractivity contribution in [2.45, 2.75) is 0 Å².